The van der Waals surface area contributed by atoms with Crippen LogP contribution in [0.25, 0.3) is 12.2 Å². The monoisotopic (exact) mass is 292 g/mol. The SMILES string of the molecule is NCc1cccc(C(=O)n2ccc(C=Cc3ccc[nH]3)n2)c1. The van der Waals surface area contributed by atoms with Crippen LogP contribution in [0.4, 0.5) is 0 Å². The number of nitrogens with one attached hydrogen (secondary N) is 1. The number of aromatic nitrogens is 3. The molecule has 5 heteroatoms. The van der Waals surface area contributed by atoms with E-state index in [9.17, 15) is 4.79 Å². The Kier molecular flexibility index (Phi) is 3.98. The lowest BCUT2D eigenvalue weighted by Gasteiger charge is -2.02. The molecule has 3 N–H and O–H groups in total. The number of nitrogens with two attached hydrogens (primary N) is 1. The van der Waals surface area contributed by atoms with Gasteiger partial charge in [0.2, 0.25) is 0 Å². The summed E-state index contributed by atoms with van der Waals surface area (Å²) in [4.78, 5) is 15.5. The summed E-state index contributed by atoms with van der Waals surface area (Å²) >= 11 is 0. The fraction of sp³-hybridized carbons (Fsp3) is 0.0588. The Morgan fingerprint density at radius 3 is 2.91 bits per heavy atom. The molecule has 0 aliphatic rings. The van der Waals surface area contributed by atoms with Crippen molar-refractivity contribution in [2.45, 2.75) is 6.54 Å². The maximum atomic E-state index is 12.4. The Balaban J connectivity index is 1.79. The van der Waals surface area contributed by atoms with Crippen LogP contribution < -0.4 is 5.73 Å². The molecule has 3 aromatic rings. The van der Waals surface area contributed by atoms with Crippen molar-refractivity contribution >= 4 is 18.1 Å². The number of benzene rings is 1. The molecule has 2 heterocycles. The van der Waals surface area contributed by atoms with Crippen molar-refractivity contribution in [1.82, 2.24) is 14.8 Å². The summed E-state index contributed by atoms with van der Waals surface area (Å²) in [5, 5.41) is 4.28. The standard InChI is InChI=1S/C17H16N4O/c18-12-13-3-1-4-14(11-13)17(22)21-10-8-16(20-21)7-6-15-5-2-9-19-15/h1-11,19H,12,18H2. The maximum Gasteiger partial charge on any atom is 0.278 e. The topological polar surface area (TPSA) is 76.7 Å². The molecular weight excluding hydrogens is 276 g/mol. The third kappa shape index (κ3) is 3.05. The van der Waals surface area contributed by atoms with Gasteiger partial charge in [-0.15, -0.1) is 0 Å². The highest BCUT2D eigenvalue weighted by molar-refractivity contribution is 5.95. The van der Waals surface area contributed by atoms with Crippen LogP contribution in [-0.2, 0) is 6.54 Å². The highest BCUT2D eigenvalue weighted by Crippen LogP contribution is 2.09. The summed E-state index contributed by atoms with van der Waals surface area (Å²) in [6, 6.07) is 12.9. The minimum absolute atomic E-state index is 0.171. The quantitative estimate of drug-likeness (QED) is 0.775. The summed E-state index contributed by atoms with van der Waals surface area (Å²) < 4.78 is 1.34. The minimum Gasteiger partial charge on any atom is -0.362 e. The Hall–Kier alpha value is -2.92. The van der Waals surface area contributed by atoms with E-state index in [0.717, 1.165) is 17.0 Å². The molecule has 0 fully saturated rings. The average molecular weight is 292 g/mol. The predicted octanol–water partition coefficient (Wildman–Crippen LogP) is 2.53. The van der Waals surface area contributed by atoms with E-state index < -0.39 is 0 Å². The molecule has 3 rings (SSSR count). The van der Waals surface area contributed by atoms with Gasteiger partial charge in [-0.2, -0.15) is 5.10 Å². The van der Waals surface area contributed by atoms with Gasteiger partial charge in [0.1, 0.15) is 0 Å². The van der Waals surface area contributed by atoms with Gasteiger partial charge < -0.3 is 10.7 Å². The molecular formula is C17H16N4O. The van der Waals surface area contributed by atoms with Gasteiger partial charge in [-0.05, 0) is 48.0 Å². The van der Waals surface area contributed by atoms with Crippen LogP contribution >= 0.6 is 0 Å². The van der Waals surface area contributed by atoms with E-state index in [-0.39, 0.29) is 5.91 Å². The van der Waals surface area contributed by atoms with Gasteiger partial charge in [0.05, 0.1) is 5.69 Å². The molecule has 0 bridgehead atoms. The fourth-order valence-corrected chi connectivity index (χ4v) is 2.13. The molecule has 0 atom stereocenters. The van der Waals surface area contributed by atoms with Crippen molar-refractivity contribution in [1.29, 1.82) is 0 Å². The third-order valence-corrected chi connectivity index (χ3v) is 3.28. The van der Waals surface area contributed by atoms with Crippen LogP contribution in [-0.4, -0.2) is 20.7 Å². The maximum absolute atomic E-state index is 12.4. The minimum atomic E-state index is -0.171. The zero-order valence-corrected chi connectivity index (χ0v) is 11.9. The normalized spacial score (nSPS) is 11.1. The molecule has 0 amide bonds. The summed E-state index contributed by atoms with van der Waals surface area (Å²) in [7, 11) is 0. The number of carbonyl (C=O) groups excluding carboxylic acids is 1. The highest BCUT2D eigenvalue weighted by atomic mass is 16.2. The second-order valence-corrected chi connectivity index (χ2v) is 4.85. The Labute approximate surface area is 128 Å². The van der Waals surface area contributed by atoms with Gasteiger partial charge in [0.15, 0.2) is 0 Å². The second kappa shape index (κ2) is 6.24. The van der Waals surface area contributed by atoms with E-state index in [4.69, 9.17) is 5.73 Å². The molecule has 1 aromatic carbocycles. The molecule has 0 spiro atoms. The lowest BCUT2D eigenvalue weighted by molar-refractivity contribution is 0.0945. The van der Waals surface area contributed by atoms with Crippen LogP contribution in [0, 0.1) is 0 Å². The molecule has 0 unspecified atom stereocenters. The molecule has 22 heavy (non-hydrogen) atoms. The second-order valence-electron chi connectivity index (χ2n) is 4.85. The van der Waals surface area contributed by atoms with Crippen LogP contribution in [0.1, 0.15) is 27.3 Å². The van der Waals surface area contributed by atoms with Crippen molar-refractivity contribution < 1.29 is 4.79 Å². The first-order valence-corrected chi connectivity index (χ1v) is 6.97. The zero-order chi connectivity index (χ0) is 15.4. The van der Waals surface area contributed by atoms with Crippen molar-refractivity contribution in [3.63, 3.8) is 0 Å². The summed E-state index contributed by atoms with van der Waals surface area (Å²) in [6.45, 7) is 0.407. The van der Waals surface area contributed by atoms with Crippen LogP contribution in [0.3, 0.4) is 0 Å². The first-order chi connectivity index (χ1) is 10.8. The highest BCUT2D eigenvalue weighted by Gasteiger charge is 2.09. The first-order valence-electron chi connectivity index (χ1n) is 6.97. The van der Waals surface area contributed by atoms with Gasteiger partial charge >= 0.3 is 0 Å². The molecule has 0 radical (unpaired) electrons. The van der Waals surface area contributed by atoms with Crippen LogP contribution in [0.2, 0.25) is 0 Å². The van der Waals surface area contributed by atoms with Crippen LogP contribution in [0.5, 0.6) is 0 Å². The number of rotatable bonds is 4. The third-order valence-electron chi connectivity index (χ3n) is 3.28. The molecule has 0 saturated heterocycles. The van der Waals surface area contributed by atoms with E-state index in [2.05, 4.69) is 10.1 Å². The molecule has 2 aromatic heterocycles. The summed E-state index contributed by atoms with van der Waals surface area (Å²) in [6.07, 6.45) is 7.27. The Morgan fingerprint density at radius 1 is 1.23 bits per heavy atom. The van der Waals surface area contributed by atoms with Gasteiger partial charge in [0, 0.05) is 30.2 Å². The average Bonchev–Trinajstić information content (AvgIpc) is 3.23. The predicted molar refractivity (Wildman–Crippen MR) is 86.0 cm³/mol. The summed E-state index contributed by atoms with van der Waals surface area (Å²) in [5.41, 5.74) is 8.80. The van der Waals surface area contributed by atoms with E-state index in [1.54, 1.807) is 24.4 Å². The number of aromatic amines is 1. The molecule has 0 aliphatic heterocycles. The number of nitrogens with zero attached hydrogens (tertiary/aromatic N) is 2. The van der Waals surface area contributed by atoms with E-state index in [1.165, 1.54) is 4.68 Å². The zero-order valence-electron chi connectivity index (χ0n) is 11.9. The number of hydrogen-bond donors (Lipinski definition) is 2. The van der Waals surface area contributed by atoms with Gasteiger partial charge in [0.25, 0.3) is 5.91 Å². The summed E-state index contributed by atoms with van der Waals surface area (Å²) in [5.74, 6) is -0.171. The largest absolute Gasteiger partial charge is 0.362 e. The Morgan fingerprint density at radius 2 is 2.14 bits per heavy atom. The van der Waals surface area contributed by atoms with Crippen molar-refractivity contribution in [2.24, 2.45) is 5.73 Å². The number of carbonyl (C=O) groups is 1. The van der Waals surface area contributed by atoms with E-state index in [1.807, 2.05) is 42.6 Å². The first kappa shape index (κ1) is 14.0. The smallest absolute Gasteiger partial charge is 0.278 e. The Bertz CT molecular complexity index is 800. The van der Waals surface area contributed by atoms with Crippen LogP contribution in [0.15, 0.2) is 54.9 Å². The van der Waals surface area contributed by atoms with Gasteiger partial charge in [-0.3, -0.25) is 4.79 Å². The van der Waals surface area contributed by atoms with Crippen molar-refractivity contribution in [2.75, 3.05) is 0 Å². The fourth-order valence-electron chi connectivity index (χ4n) is 2.13. The van der Waals surface area contributed by atoms with Gasteiger partial charge in [-0.25, -0.2) is 4.68 Å². The van der Waals surface area contributed by atoms with Crippen molar-refractivity contribution in [3.8, 4) is 0 Å². The molecule has 110 valence electrons. The number of H-pyrrole nitrogens is 1. The van der Waals surface area contributed by atoms with E-state index >= 15 is 0 Å². The lowest BCUT2D eigenvalue weighted by Crippen LogP contribution is -2.13. The molecule has 5 nitrogen and oxygen atoms in total. The van der Waals surface area contributed by atoms with Gasteiger partial charge in [-0.1, -0.05) is 12.1 Å². The van der Waals surface area contributed by atoms with E-state index in [0.29, 0.717) is 12.1 Å². The number of hydrogen-bond acceptors (Lipinski definition) is 3. The van der Waals surface area contributed by atoms with Crippen molar-refractivity contribution in [3.05, 3.63) is 77.4 Å². The lowest BCUT2D eigenvalue weighted by atomic mass is 10.1. The molecule has 0 saturated carbocycles. The molecule has 0 aliphatic carbocycles.